The van der Waals surface area contributed by atoms with Gasteiger partial charge in [0.15, 0.2) is 0 Å². The van der Waals surface area contributed by atoms with Crippen molar-refractivity contribution in [2.45, 2.75) is 111 Å². The van der Waals surface area contributed by atoms with E-state index in [4.69, 9.17) is 10.3 Å². The van der Waals surface area contributed by atoms with Gasteiger partial charge in [0.1, 0.15) is 6.10 Å². The van der Waals surface area contributed by atoms with Gasteiger partial charge in [-0.1, -0.05) is 51.2 Å². The minimum absolute atomic E-state index is 0.00747. The minimum Gasteiger partial charge on any atom is -0.454 e. The molecule has 5 aliphatic rings. The van der Waals surface area contributed by atoms with E-state index < -0.39 is 0 Å². The van der Waals surface area contributed by atoms with Crippen molar-refractivity contribution in [3.8, 4) is 0 Å². The molecule has 4 aliphatic carbocycles. The Bertz CT molecular complexity index is 965. The lowest BCUT2D eigenvalue weighted by Crippen LogP contribution is -2.65. The summed E-state index contributed by atoms with van der Waals surface area (Å²) in [6, 6.07) is 0. The lowest BCUT2D eigenvalue weighted by Gasteiger charge is -2.69. The van der Waals surface area contributed by atoms with Gasteiger partial charge in [0, 0.05) is 5.57 Å². The molecule has 0 aromatic heterocycles. The molecule has 0 saturated heterocycles. The molecule has 6 unspecified atom stereocenters. The first-order chi connectivity index (χ1) is 17.0. The lowest BCUT2D eigenvalue weighted by molar-refractivity contribution is -0.232. The SMILES string of the molecule is [3H][B]SOC1CC[C@@]2(C)C(CC[C@@]3(C)C2C(O)CC2C4=C(CCC=C(C)C)C(=O)O[C@H]4C[C@@]23C)C1C. The maximum Gasteiger partial charge on any atom is 0.334 e. The molecule has 4 fully saturated rings. The molecule has 4 nitrogen and oxygen atoms in total. The Morgan fingerprint density at radius 2 is 2.06 bits per heavy atom. The molecule has 1 N–H and O–H groups in total. The molecule has 35 heavy (non-hydrogen) atoms. The Morgan fingerprint density at radius 1 is 1.29 bits per heavy atom. The quantitative estimate of drug-likeness (QED) is 0.207. The van der Waals surface area contributed by atoms with Gasteiger partial charge in [0.25, 0.3) is 0 Å². The van der Waals surface area contributed by atoms with Gasteiger partial charge in [-0.2, -0.15) is 0 Å². The summed E-state index contributed by atoms with van der Waals surface area (Å²) in [6.45, 7) is 13.9. The topological polar surface area (TPSA) is 55.8 Å². The van der Waals surface area contributed by atoms with Crippen molar-refractivity contribution in [3.05, 3.63) is 22.8 Å². The predicted octanol–water partition coefficient (Wildman–Crippen LogP) is 6.06. The fraction of sp³-hybridized carbons (Fsp3) is 0.828. The van der Waals surface area contributed by atoms with Crippen molar-refractivity contribution in [2.24, 2.45) is 39.9 Å². The second-order valence-corrected chi connectivity index (χ2v) is 13.7. The number of esters is 1. The van der Waals surface area contributed by atoms with E-state index in [1.807, 2.05) is 0 Å². The third-order valence-corrected chi connectivity index (χ3v) is 12.0. The number of allylic oxidation sites excluding steroid dienone is 2. The maximum atomic E-state index is 12.9. The number of rotatable bonds is 6. The van der Waals surface area contributed by atoms with Crippen molar-refractivity contribution >= 4 is 25.0 Å². The molecule has 1 aliphatic heterocycles. The maximum absolute atomic E-state index is 12.9. The smallest absolute Gasteiger partial charge is 0.334 e. The van der Waals surface area contributed by atoms with Crippen molar-refractivity contribution in [1.82, 2.24) is 0 Å². The third kappa shape index (κ3) is 3.66. The van der Waals surface area contributed by atoms with Crippen LogP contribution in [0, 0.1) is 39.9 Å². The molecule has 6 heteroatoms. The van der Waals surface area contributed by atoms with Gasteiger partial charge in [-0.25, -0.2) is 4.79 Å². The number of aliphatic hydroxyl groups excluding tert-OH is 1. The molecule has 0 amide bonds. The molecule has 4 saturated carbocycles. The average molecular weight is 502 g/mol. The Kier molecular flexibility index (Phi) is 6.29. The molecule has 0 bridgehead atoms. The molecular formula is C29H44BO4S. The number of ether oxygens (including phenoxy) is 1. The zero-order chi connectivity index (χ0) is 26.0. The van der Waals surface area contributed by atoms with E-state index in [0.717, 1.165) is 68.8 Å². The van der Waals surface area contributed by atoms with Crippen molar-refractivity contribution < 1.29 is 18.8 Å². The van der Waals surface area contributed by atoms with Crippen LogP contribution < -0.4 is 0 Å². The molecule has 1 radical (unpaired) electrons. The lowest BCUT2D eigenvalue weighted by atomic mass is 9.36. The van der Waals surface area contributed by atoms with Gasteiger partial charge in [-0.15, -0.1) is 0 Å². The molecule has 0 aromatic carbocycles. The van der Waals surface area contributed by atoms with Gasteiger partial charge < -0.3 is 14.0 Å². The number of hydrogen-bond donors (Lipinski definition) is 1. The van der Waals surface area contributed by atoms with Gasteiger partial charge in [0.05, 0.1) is 12.2 Å². The first-order valence-electron chi connectivity index (χ1n) is 14.3. The van der Waals surface area contributed by atoms with E-state index in [1.54, 1.807) is 0 Å². The van der Waals surface area contributed by atoms with Gasteiger partial charge in [0.2, 0.25) is 7.09 Å². The summed E-state index contributed by atoms with van der Waals surface area (Å²) in [4.78, 5) is 12.9. The summed E-state index contributed by atoms with van der Waals surface area (Å²) in [5.74, 6) is 1.24. The van der Waals surface area contributed by atoms with Gasteiger partial charge in [-0.3, -0.25) is 0 Å². The van der Waals surface area contributed by atoms with Gasteiger partial charge in [-0.05, 0) is 112 Å². The summed E-state index contributed by atoms with van der Waals surface area (Å²) in [5, 5.41) is 11.9. The van der Waals surface area contributed by atoms with E-state index in [-0.39, 0.29) is 52.4 Å². The molecule has 1 heterocycles. The van der Waals surface area contributed by atoms with Crippen LogP contribution in [0.2, 0.25) is 0 Å². The highest BCUT2D eigenvalue weighted by molar-refractivity contribution is 8.15. The van der Waals surface area contributed by atoms with Crippen LogP contribution in [0.3, 0.4) is 0 Å². The first-order valence-corrected chi connectivity index (χ1v) is 14.6. The number of carbonyl (C=O) groups is 1. The van der Waals surface area contributed by atoms with E-state index >= 15 is 0 Å². The first kappa shape index (κ1) is 24.6. The summed E-state index contributed by atoms with van der Waals surface area (Å²) >= 11 is 1.15. The number of hydrogen-bond acceptors (Lipinski definition) is 5. The molecule has 10 atom stereocenters. The Hall–Kier alpha value is -0.715. The van der Waals surface area contributed by atoms with Crippen LogP contribution in [-0.4, -0.2) is 37.8 Å². The van der Waals surface area contributed by atoms with Crippen molar-refractivity contribution in [1.29, 1.82) is 1.34 Å². The molecular weight excluding hydrogens is 455 g/mol. The summed E-state index contributed by atoms with van der Waals surface area (Å²) < 4.78 is 19.4. The highest BCUT2D eigenvalue weighted by Gasteiger charge is 2.71. The van der Waals surface area contributed by atoms with Crippen LogP contribution >= 0.6 is 11.9 Å². The predicted molar refractivity (Wildman–Crippen MR) is 143 cm³/mol. The number of fused-ring (bicyclic) bond motifs is 7. The van der Waals surface area contributed by atoms with Crippen LogP contribution in [-0.2, 0) is 13.7 Å². The van der Waals surface area contributed by atoms with Crippen LogP contribution in [0.5, 0.6) is 0 Å². The molecule has 193 valence electrons. The van der Waals surface area contributed by atoms with Crippen molar-refractivity contribution in [3.63, 3.8) is 0 Å². The average Bonchev–Trinajstić information content (AvgIpc) is 3.25. The van der Waals surface area contributed by atoms with Crippen LogP contribution in [0.15, 0.2) is 22.8 Å². The van der Waals surface area contributed by atoms with E-state index in [1.165, 1.54) is 18.2 Å². The monoisotopic (exact) mass is 501 g/mol. The standard InChI is InChI=1S/C29H44BO4S/c1-16(2)8-7-9-18-24-20-14-21(31)25-27(4)12-11-22(34-35-30)17(3)19(27)10-13-28(25,5)29(20,6)15-23(24)33-26(18)32/h8,17,19-23,25,30-31H,7,9-15H2,1-6H3/t17?,19?,20?,21?,22?,23-,25?,27-,28-,29-/m0/s1/i30T. The normalized spacial score (nSPS) is 48.8. The van der Waals surface area contributed by atoms with Crippen LogP contribution in [0.4, 0.5) is 0 Å². The fourth-order valence-electron chi connectivity index (χ4n) is 9.97. The zero-order valence-electron chi connectivity index (χ0n) is 23.4. The Labute approximate surface area is 218 Å². The second-order valence-electron chi connectivity index (χ2n) is 13.3. The Morgan fingerprint density at radius 3 is 2.77 bits per heavy atom. The third-order valence-electron chi connectivity index (χ3n) is 11.6. The Balaban J connectivity index is 1.47. The molecule has 0 spiro atoms. The van der Waals surface area contributed by atoms with E-state index in [0.29, 0.717) is 11.8 Å². The fourth-order valence-corrected chi connectivity index (χ4v) is 10.4. The number of carbonyl (C=O) groups excluding carboxylic acids is 1. The summed E-state index contributed by atoms with van der Waals surface area (Å²) in [6.07, 6.45) is 9.41. The summed E-state index contributed by atoms with van der Waals surface area (Å²) in [7, 11) is 1.27. The zero-order valence-corrected chi connectivity index (χ0v) is 23.2. The van der Waals surface area contributed by atoms with Crippen molar-refractivity contribution in [2.75, 3.05) is 0 Å². The second kappa shape index (κ2) is 8.94. The largest absolute Gasteiger partial charge is 0.454 e. The molecule has 5 rings (SSSR count). The summed E-state index contributed by atoms with van der Waals surface area (Å²) in [5.41, 5.74) is 3.47. The van der Waals surface area contributed by atoms with Crippen LogP contribution in [0.25, 0.3) is 0 Å². The highest BCUT2D eigenvalue weighted by Crippen LogP contribution is 2.75. The number of aliphatic hydroxyl groups is 1. The van der Waals surface area contributed by atoms with Gasteiger partial charge >= 0.3 is 5.97 Å². The minimum atomic E-state index is -0.373. The molecule has 0 aromatic rings. The van der Waals surface area contributed by atoms with E-state index in [9.17, 15) is 9.90 Å². The highest BCUT2D eigenvalue weighted by atomic mass is 32.2. The van der Waals surface area contributed by atoms with Crippen LogP contribution in [0.1, 0.15) is 92.9 Å². The van der Waals surface area contributed by atoms with E-state index in [2.05, 4.69) is 47.6 Å².